The van der Waals surface area contributed by atoms with Crippen LogP contribution in [-0.4, -0.2) is 40.7 Å². The minimum absolute atomic E-state index is 0.00403. The van der Waals surface area contributed by atoms with Crippen LogP contribution in [0.15, 0.2) is 27.8 Å². The number of fused-ring (bicyclic) bond motifs is 1. The highest BCUT2D eigenvalue weighted by atomic mass is 32.2. The number of aromatic nitrogens is 2. The number of carbonyl (C=O) groups is 2. The van der Waals surface area contributed by atoms with Crippen LogP contribution >= 0.6 is 11.8 Å². The van der Waals surface area contributed by atoms with E-state index in [2.05, 4.69) is 20.8 Å². The van der Waals surface area contributed by atoms with Crippen molar-refractivity contribution in [1.82, 2.24) is 20.8 Å². The molecule has 0 saturated heterocycles. The topological polar surface area (TPSA) is 116 Å². The molecule has 0 bridgehead atoms. The monoisotopic (exact) mass is 378 g/mol. The second-order valence-electron chi connectivity index (χ2n) is 5.56. The number of imide groups is 1. The van der Waals surface area contributed by atoms with Gasteiger partial charge in [0.25, 0.3) is 5.22 Å². The van der Waals surface area contributed by atoms with Gasteiger partial charge in [0.05, 0.1) is 5.75 Å². The van der Waals surface area contributed by atoms with Crippen molar-refractivity contribution in [2.75, 3.05) is 12.5 Å². The Bertz CT molecular complexity index is 810. The molecule has 0 radical (unpaired) electrons. The lowest BCUT2D eigenvalue weighted by atomic mass is 10.2. The summed E-state index contributed by atoms with van der Waals surface area (Å²) in [6.07, 6.45) is 0.779. The molecule has 26 heavy (non-hydrogen) atoms. The molecular weight excluding hydrogens is 360 g/mol. The highest BCUT2D eigenvalue weighted by Crippen LogP contribution is 2.35. The molecule has 0 saturated carbocycles. The lowest BCUT2D eigenvalue weighted by molar-refractivity contribution is -0.117. The number of thioether (sulfide) groups is 1. The third-order valence-electron chi connectivity index (χ3n) is 3.60. The maximum absolute atomic E-state index is 11.8. The van der Waals surface area contributed by atoms with E-state index >= 15 is 0 Å². The molecule has 1 aromatic carbocycles. The molecule has 0 aliphatic carbocycles. The van der Waals surface area contributed by atoms with Gasteiger partial charge < -0.3 is 19.2 Å². The van der Waals surface area contributed by atoms with E-state index in [1.165, 1.54) is 0 Å². The Morgan fingerprint density at radius 1 is 1.27 bits per heavy atom. The average Bonchev–Trinajstić information content (AvgIpc) is 3.28. The van der Waals surface area contributed by atoms with E-state index in [0.717, 1.165) is 18.2 Å². The molecule has 1 aliphatic heterocycles. The summed E-state index contributed by atoms with van der Waals surface area (Å²) < 4.78 is 16.1. The Kier molecular flexibility index (Phi) is 5.61. The normalized spacial score (nSPS) is 13.3. The first-order valence-electron chi connectivity index (χ1n) is 8.02. The number of amides is 3. The number of carbonyl (C=O) groups excluding carboxylic acids is 2. The third kappa shape index (κ3) is 4.45. The molecule has 0 fully saturated rings. The van der Waals surface area contributed by atoms with Crippen LogP contribution in [0, 0.1) is 0 Å². The number of ether oxygens (including phenoxy) is 2. The molecular formula is C16H18N4O5S. The third-order valence-corrected chi connectivity index (χ3v) is 4.41. The molecule has 2 N–H and O–H groups in total. The van der Waals surface area contributed by atoms with Crippen molar-refractivity contribution >= 4 is 23.7 Å². The fraction of sp³-hybridized carbons (Fsp3) is 0.375. The van der Waals surface area contributed by atoms with Gasteiger partial charge in [0, 0.05) is 11.6 Å². The van der Waals surface area contributed by atoms with Gasteiger partial charge in [-0.3, -0.25) is 10.1 Å². The van der Waals surface area contributed by atoms with Crippen molar-refractivity contribution in [1.29, 1.82) is 0 Å². The van der Waals surface area contributed by atoms with E-state index in [1.807, 2.05) is 13.8 Å². The van der Waals surface area contributed by atoms with Crippen molar-refractivity contribution in [3.8, 4) is 23.0 Å². The van der Waals surface area contributed by atoms with Gasteiger partial charge in [0.15, 0.2) is 11.5 Å². The standard InChI is InChI=1S/C16H18N4O5S/c1-3-9(2)17-15(22)18-13(21)7-26-16-20-19-14(25-16)10-4-5-11-12(6-10)24-8-23-11/h4-6,9H,3,7-8H2,1-2H3,(H2,17,18,21,22)/t9-/m0/s1. The van der Waals surface area contributed by atoms with E-state index in [4.69, 9.17) is 13.9 Å². The lowest BCUT2D eigenvalue weighted by Crippen LogP contribution is -2.43. The number of nitrogens with one attached hydrogen (secondary N) is 2. The Labute approximate surface area is 153 Å². The molecule has 3 amide bonds. The number of rotatable bonds is 6. The smallest absolute Gasteiger partial charge is 0.321 e. The van der Waals surface area contributed by atoms with Gasteiger partial charge >= 0.3 is 6.03 Å². The minimum atomic E-state index is -0.517. The van der Waals surface area contributed by atoms with Crippen LogP contribution in [-0.2, 0) is 4.79 Å². The summed E-state index contributed by atoms with van der Waals surface area (Å²) in [4.78, 5) is 23.4. The molecule has 1 aliphatic rings. The second-order valence-corrected chi connectivity index (χ2v) is 6.49. The first-order chi connectivity index (χ1) is 12.5. The van der Waals surface area contributed by atoms with Gasteiger partial charge in [-0.25, -0.2) is 4.79 Å². The van der Waals surface area contributed by atoms with E-state index in [0.29, 0.717) is 23.0 Å². The summed E-state index contributed by atoms with van der Waals surface area (Å²) in [5.74, 6) is 1.12. The van der Waals surface area contributed by atoms with Gasteiger partial charge in [0.1, 0.15) is 0 Å². The molecule has 138 valence electrons. The van der Waals surface area contributed by atoms with Crippen molar-refractivity contribution < 1.29 is 23.5 Å². The van der Waals surface area contributed by atoms with E-state index in [-0.39, 0.29) is 23.8 Å². The Morgan fingerprint density at radius 2 is 2.08 bits per heavy atom. The summed E-state index contributed by atoms with van der Waals surface area (Å²) in [7, 11) is 0. The fourth-order valence-corrected chi connectivity index (χ4v) is 2.63. The zero-order valence-electron chi connectivity index (χ0n) is 14.3. The van der Waals surface area contributed by atoms with Gasteiger partial charge in [0.2, 0.25) is 18.6 Å². The lowest BCUT2D eigenvalue weighted by Gasteiger charge is -2.11. The molecule has 1 aromatic heterocycles. The molecule has 3 rings (SSSR count). The zero-order valence-corrected chi connectivity index (χ0v) is 15.1. The summed E-state index contributed by atoms with van der Waals surface area (Å²) in [6.45, 7) is 3.98. The zero-order chi connectivity index (χ0) is 18.5. The van der Waals surface area contributed by atoms with Crippen molar-refractivity contribution in [3.63, 3.8) is 0 Å². The van der Waals surface area contributed by atoms with Crippen molar-refractivity contribution in [2.45, 2.75) is 31.5 Å². The summed E-state index contributed by atoms with van der Waals surface area (Å²) >= 11 is 1.05. The molecule has 2 aromatic rings. The average molecular weight is 378 g/mol. The summed E-state index contributed by atoms with van der Waals surface area (Å²) in [5.41, 5.74) is 0.686. The maximum atomic E-state index is 11.8. The van der Waals surface area contributed by atoms with Gasteiger partial charge in [-0.05, 0) is 31.5 Å². The maximum Gasteiger partial charge on any atom is 0.321 e. The number of hydrogen-bond acceptors (Lipinski definition) is 8. The van der Waals surface area contributed by atoms with Crippen LogP contribution in [0.1, 0.15) is 20.3 Å². The first-order valence-corrected chi connectivity index (χ1v) is 9.00. The molecule has 1 atom stereocenters. The van der Waals surface area contributed by atoms with Crippen LogP contribution in [0.5, 0.6) is 11.5 Å². The second kappa shape index (κ2) is 8.09. The number of hydrogen-bond donors (Lipinski definition) is 2. The number of benzene rings is 1. The molecule has 10 heteroatoms. The van der Waals surface area contributed by atoms with Gasteiger partial charge in [-0.15, -0.1) is 10.2 Å². The Morgan fingerprint density at radius 3 is 2.88 bits per heavy atom. The predicted octanol–water partition coefficient (Wildman–Crippen LogP) is 2.18. The Hall–Kier alpha value is -2.75. The van der Waals surface area contributed by atoms with Crippen molar-refractivity contribution in [2.24, 2.45) is 0 Å². The van der Waals surface area contributed by atoms with Crippen LogP contribution in [0.25, 0.3) is 11.5 Å². The number of urea groups is 1. The highest BCUT2D eigenvalue weighted by molar-refractivity contribution is 7.99. The molecule has 0 unspecified atom stereocenters. The quantitative estimate of drug-likeness (QED) is 0.735. The van der Waals surface area contributed by atoms with Crippen LogP contribution in [0.2, 0.25) is 0 Å². The molecule has 2 heterocycles. The van der Waals surface area contributed by atoms with Crippen LogP contribution < -0.4 is 20.1 Å². The predicted molar refractivity (Wildman–Crippen MR) is 93.0 cm³/mol. The van der Waals surface area contributed by atoms with Crippen molar-refractivity contribution in [3.05, 3.63) is 18.2 Å². The van der Waals surface area contributed by atoms with Gasteiger partial charge in [-0.1, -0.05) is 18.7 Å². The summed E-state index contributed by atoms with van der Waals surface area (Å²) in [6, 6.07) is 4.77. The first kappa shape index (κ1) is 18.1. The molecule has 9 nitrogen and oxygen atoms in total. The van der Waals surface area contributed by atoms with E-state index in [1.54, 1.807) is 18.2 Å². The van der Waals surface area contributed by atoms with E-state index in [9.17, 15) is 9.59 Å². The van der Waals surface area contributed by atoms with E-state index < -0.39 is 11.9 Å². The largest absolute Gasteiger partial charge is 0.454 e. The highest BCUT2D eigenvalue weighted by Gasteiger charge is 2.17. The molecule has 0 spiro atoms. The van der Waals surface area contributed by atoms with Crippen LogP contribution in [0.4, 0.5) is 4.79 Å². The van der Waals surface area contributed by atoms with Gasteiger partial charge in [-0.2, -0.15) is 0 Å². The SMILES string of the molecule is CC[C@H](C)NC(=O)NC(=O)CSc1nnc(-c2ccc3c(c2)OCO3)o1. The Balaban J connectivity index is 1.52. The number of nitrogens with zero attached hydrogens (tertiary/aromatic N) is 2. The fourth-order valence-electron chi connectivity index (χ4n) is 2.07. The summed E-state index contributed by atoms with van der Waals surface area (Å²) in [5, 5.41) is 13.0. The van der Waals surface area contributed by atoms with Crippen LogP contribution in [0.3, 0.4) is 0 Å². The minimum Gasteiger partial charge on any atom is -0.454 e.